The minimum Gasteiger partial charge on any atom is -0.481 e. The lowest BCUT2D eigenvalue weighted by Gasteiger charge is -2.25. The van der Waals surface area contributed by atoms with Crippen molar-refractivity contribution in [3.8, 4) is 0 Å². The van der Waals surface area contributed by atoms with Crippen molar-refractivity contribution in [2.75, 3.05) is 0 Å². The van der Waals surface area contributed by atoms with Crippen LogP contribution in [0.5, 0.6) is 0 Å². The molecular weight excluding hydrogens is 476 g/mol. The number of aliphatic carboxylic acids is 3. The normalized spacial score (nSPS) is 14.1. The maximum absolute atomic E-state index is 12.8. The molecule has 0 aliphatic carbocycles. The lowest BCUT2D eigenvalue weighted by atomic mass is 10.0. The predicted octanol–water partition coefficient (Wildman–Crippen LogP) is -0.909. The largest absolute Gasteiger partial charge is 0.481 e. The summed E-state index contributed by atoms with van der Waals surface area (Å²) in [7, 11) is 0. The van der Waals surface area contributed by atoms with Crippen molar-refractivity contribution < 1.29 is 44.1 Å². The van der Waals surface area contributed by atoms with Crippen LogP contribution >= 0.6 is 0 Å². The van der Waals surface area contributed by atoms with Crippen LogP contribution in [0.1, 0.15) is 38.7 Å². The maximum Gasteiger partial charge on any atom is 0.326 e. The Bertz CT molecular complexity index is 952. The zero-order valence-electron chi connectivity index (χ0n) is 20.0. The third-order valence-electron chi connectivity index (χ3n) is 5.21. The number of hydrogen-bond acceptors (Lipinski definition) is 7. The van der Waals surface area contributed by atoms with Gasteiger partial charge in [0, 0.05) is 12.8 Å². The van der Waals surface area contributed by atoms with Gasteiger partial charge < -0.3 is 37.0 Å². The number of amides is 3. The smallest absolute Gasteiger partial charge is 0.326 e. The first-order chi connectivity index (χ1) is 16.8. The Balaban J connectivity index is 3.04. The highest BCUT2D eigenvalue weighted by atomic mass is 16.4. The van der Waals surface area contributed by atoms with Gasteiger partial charge in [-0.25, -0.2) is 4.79 Å². The van der Waals surface area contributed by atoms with Crippen LogP contribution in [-0.2, 0) is 35.2 Å². The molecule has 0 saturated heterocycles. The van der Waals surface area contributed by atoms with Gasteiger partial charge in [-0.1, -0.05) is 44.2 Å². The van der Waals surface area contributed by atoms with Gasteiger partial charge in [0.15, 0.2) is 0 Å². The standard InChI is InChI=1S/C23H32N4O9/c1-12(2)19(24)22(34)25-14(8-9-17(28)29)20(32)26-15(11-18(30)31)21(33)27-16(23(35)36)10-13-6-4-3-5-7-13/h3-7,12,14-16,19H,8-11,24H2,1-2H3,(H,25,34)(H,26,32)(H,27,33)(H,28,29)(H,30,31)(H,35,36). The molecule has 0 aliphatic heterocycles. The lowest BCUT2D eigenvalue weighted by molar-refractivity contribution is -0.143. The average Bonchev–Trinajstić information content (AvgIpc) is 2.80. The fourth-order valence-corrected chi connectivity index (χ4v) is 3.09. The quantitative estimate of drug-likeness (QED) is 0.154. The Labute approximate surface area is 207 Å². The van der Waals surface area contributed by atoms with E-state index >= 15 is 0 Å². The molecule has 0 fully saturated rings. The van der Waals surface area contributed by atoms with E-state index in [4.69, 9.17) is 10.8 Å². The van der Waals surface area contributed by atoms with E-state index in [0.717, 1.165) is 0 Å². The summed E-state index contributed by atoms with van der Waals surface area (Å²) < 4.78 is 0. The Hall–Kier alpha value is -4.00. The van der Waals surface area contributed by atoms with E-state index in [1.54, 1.807) is 44.2 Å². The number of hydrogen-bond donors (Lipinski definition) is 7. The molecule has 0 radical (unpaired) electrons. The molecule has 0 heterocycles. The van der Waals surface area contributed by atoms with Crippen LogP contribution in [0.25, 0.3) is 0 Å². The molecule has 4 unspecified atom stereocenters. The first kappa shape index (κ1) is 30.0. The molecule has 4 atom stereocenters. The molecule has 8 N–H and O–H groups in total. The average molecular weight is 509 g/mol. The number of benzene rings is 1. The molecule has 0 aliphatic rings. The maximum atomic E-state index is 12.8. The predicted molar refractivity (Wildman–Crippen MR) is 126 cm³/mol. The molecule has 198 valence electrons. The number of carboxylic acids is 3. The minimum absolute atomic E-state index is 0.0972. The summed E-state index contributed by atoms with van der Waals surface area (Å²) in [6, 6.07) is 2.84. The fourth-order valence-electron chi connectivity index (χ4n) is 3.09. The van der Waals surface area contributed by atoms with Crippen LogP contribution in [0, 0.1) is 5.92 Å². The molecule has 0 aromatic heterocycles. The molecule has 0 bridgehead atoms. The summed E-state index contributed by atoms with van der Waals surface area (Å²) in [5.74, 6) is -7.20. The molecule has 0 saturated carbocycles. The van der Waals surface area contributed by atoms with Gasteiger partial charge in [0.2, 0.25) is 17.7 Å². The van der Waals surface area contributed by atoms with E-state index < -0.39 is 72.6 Å². The second kappa shape index (κ2) is 14.4. The third-order valence-corrected chi connectivity index (χ3v) is 5.21. The lowest BCUT2D eigenvalue weighted by Crippen LogP contribution is -2.58. The van der Waals surface area contributed by atoms with E-state index in [1.807, 2.05) is 0 Å². The Morgan fingerprint density at radius 3 is 1.81 bits per heavy atom. The van der Waals surface area contributed by atoms with Gasteiger partial charge >= 0.3 is 17.9 Å². The van der Waals surface area contributed by atoms with Crippen molar-refractivity contribution in [3.63, 3.8) is 0 Å². The zero-order chi connectivity index (χ0) is 27.4. The summed E-state index contributed by atoms with van der Waals surface area (Å²) in [6.07, 6.45) is -1.85. The Morgan fingerprint density at radius 2 is 1.31 bits per heavy atom. The molecule has 0 spiro atoms. The van der Waals surface area contributed by atoms with Crippen molar-refractivity contribution in [2.45, 2.75) is 63.7 Å². The Kier molecular flexibility index (Phi) is 12.0. The monoisotopic (exact) mass is 508 g/mol. The summed E-state index contributed by atoms with van der Waals surface area (Å²) in [5, 5.41) is 34.4. The summed E-state index contributed by atoms with van der Waals surface area (Å²) in [4.78, 5) is 71.9. The first-order valence-corrected chi connectivity index (χ1v) is 11.2. The highest BCUT2D eigenvalue weighted by molar-refractivity contribution is 5.95. The second-order valence-corrected chi connectivity index (χ2v) is 8.51. The molecule has 1 aromatic rings. The van der Waals surface area contributed by atoms with Crippen LogP contribution in [0.3, 0.4) is 0 Å². The topological polar surface area (TPSA) is 225 Å². The number of carbonyl (C=O) groups excluding carboxylic acids is 3. The van der Waals surface area contributed by atoms with Gasteiger partial charge in [-0.3, -0.25) is 24.0 Å². The number of rotatable bonds is 15. The van der Waals surface area contributed by atoms with Crippen molar-refractivity contribution in [1.82, 2.24) is 16.0 Å². The van der Waals surface area contributed by atoms with E-state index in [0.29, 0.717) is 5.56 Å². The summed E-state index contributed by atoms with van der Waals surface area (Å²) in [6.45, 7) is 3.33. The number of carbonyl (C=O) groups is 6. The second-order valence-electron chi connectivity index (χ2n) is 8.51. The van der Waals surface area contributed by atoms with E-state index in [2.05, 4.69) is 16.0 Å². The summed E-state index contributed by atoms with van der Waals surface area (Å²) >= 11 is 0. The van der Waals surface area contributed by atoms with Crippen LogP contribution in [-0.4, -0.2) is 75.1 Å². The van der Waals surface area contributed by atoms with Gasteiger partial charge in [-0.2, -0.15) is 0 Å². The van der Waals surface area contributed by atoms with Crippen molar-refractivity contribution in [1.29, 1.82) is 0 Å². The molecule has 1 rings (SSSR count). The van der Waals surface area contributed by atoms with Crippen molar-refractivity contribution in [2.24, 2.45) is 11.7 Å². The van der Waals surface area contributed by atoms with Crippen molar-refractivity contribution in [3.05, 3.63) is 35.9 Å². The molecule has 13 nitrogen and oxygen atoms in total. The number of carboxylic acid groups (broad SMARTS) is 3. The highest BCUT2D eigenvalue weighted by Gasteiger charge is 2.32. The van der Waals surface area contributed by atoms with Crippen LogP contribution in [0.4, 0.5) is 0 Å². The van der Waals surface area contributed by atoms with Crippen LogP contribution in [0.2, 0.25) is 0 Å². The van der Waals surface area contributed by atoms with Crippen molar-refractivity contribution >= 4 is 35.6 Å². The zero-order valence-corrected chi connectivity index (χ0v) is 20.0. The number of nitrogens with two attached hydrogens (primary N) is 1. The third kappa shape index (κ3) is 10.5. The van der Waals surface area contributed by atoms with Gasteiger partial charge in [-0.05, 0) is 17.9 Å². The Morgan fingerprint density at radius 1 is 0.778 bits per heavy atom. The van der Waals surface area contributed by atoms with E-state index in [-0.39, 0.29) is 18.8 Å². The summed E-state index contributed by atoms with van der Waals surface area (Å²) in [5.41, 5.74) is 6.37. The van der Waals surface area contributed by atoms with E-state index in [1.165, 1.54) is 0 Å². The van der Waals surface area contributed by atoms with Gasteiger partial charge in [0.25, 0.3) is 0 Å². The van der Waals surface area contributed by atoms with Crippen LogP contribution in [0.15, 0.2) is 30.3 Å². The molecule has 3 amide bonds. The van der Waals surface area contributed by atoms with Gasteiger partial charge in [0.05, 0.1) is 12.5 Å². The SMILES string of the molecule is CC(C)C(N)C(=O)NC(CCC(=O)O)C(=O)NC(CC(=O)O)C(=O)NC(Cc1ccccc1)C(=O)O. The first-order valence-electron chi connectivity index (χ1n) is 11.2. The van der Waals surface area contributed by atoms with E-state index in [9.17, 15) is 39.0 Å². The molecule has 13 heteroatoms. The van der Waals surface area contributed by atoms with Gasteiger partial charge in [0.1, 0.15) is 18.1 Å². The molecule has 1 aromatic carbocycles. The minimum atomic E-state index is -1.70. The molecular formula is C23H32N4O9. The van der Waals surface area contributed by atoms with Crippen LogP contribution < -0.4 is 21.7 Å². The number of nitrogens with one attached hydrogen (secondary N) is 3. The van der Waals surface area contributed by atoms with Gasteiger partial charge in [-0.15, -0.1) is 0 Å². The highest BCUT2D eigenvalue weighted by Crippen LogP contribution is 2.07. The molecule has 36 heavy (non-hydrogen) atoms. The fraction of sp³-hybridized carbons (Fsp3) is 0.478.